The van der Waals surface area contributed by atoms with Crippen LogP contribution in [0.4, 0.5) is 0 Å². The highest BCUT2D eigenvalue weighted by Gasteiger charge is 2.64. The Balaban J connectivity index is 1.94. The van der Waals surface area contributed by atoms with E-state index in [-0.39, 0.29) is 46.3 Å². The van der Waals surface area contributed by atoms with Crippen LogP contribution in [0.3, 0.4) is 0 Å². The van der Waals surface area contributed by atoms with E-state index in [9.17, 15) is 14.4 Å². The Morgan fingerprint density at radius 3 is 2.38 bits per heavy atom. The van der Waals surface area contributed by atoms with Crippen LogP contribution < -0.4 is 0 Å². The second-order valence-electron chi connectivity index (χ2n) is 12.7. The molecule has 3 rings (SSSR count). The summed E-state index contributed by atoms with van der Waals surface area (Å²) < 4.78 is 9.83. The average molecular weight is 513 g/mol. The van der Waals surface area contributed by atoms with Gasteiger partial charge in [0.25, 0.3) is 0 Å². The number of Topliss-reactive ketones (excluding diaryl/α,β-unsaturated/α-hetero) is 1. The molecule has 37 heavy (non-hydrogen) atoms. The zero-order chi connectivity index (χ0) is 27.8. The number of hydrogen-bond acceptors (Lipinski definition) is 5. The number of fused-ring (bicyclic) bond motifs is 2. The molecule has 1 unspecified atom stereocenters. The minimum atomic E-state index is -0.420. The van der Waals surface area contributed by atoms with Crippen molar-refractivity contribution in [2.24, 2.45) is 39.9 Å². The molecule has 0 aromatic heterocycles. The lowest BCUT2D eigenvalue weighted by Gasteiger charge is -2.52. The molecule has 0 aliphatic heterocycles. The number of methoxy groups -OCH3 is 2. The Bertz CT molecular complexity index is 991. The third kappa shape index (κ3) is 4.88. The minimum Gasteiger partial charge on any atom is -0.469 e. The summed E-state index contributed by atoms with van der Waals surface area (Å²) in [6.07, 6.45) is 9.34. The fraction of sp³-hybridized carbons (Fsp3) is 0.719. The molecule has 0 amide bonds. The van der Waals surface area contributed by atoms with E-state index in [0.717, 1.165) is 38.5 Å². The molecule has 0 heterocycles. The van der Waals surface area contributed by atoms with E-state index in [1.54, 1.807) is 6.92 Å². The molecule has 1 spiro atoms. The standard InChI is InChI=1S/C32H48O5/c1-20(2)25-10-11-27-26(30(25,6)15-14-28(34)36-8)13-17-32(27)22(4)12-16-31(32,7)23(5)19-24(33)18-21(3)29(35)37-9/h11,21,23,25-26H,1,4,10,12-19H2,2-3,5-9H3/t21-,23-,25+,26-,30?,31+,32+/m1/s1. The third-order valence-corrected chi connectivity index (χ3v) is 10.8. The van der Waals surface area contributed by atoms with Gasteiger partial charge < -0.3 is 9.47 Å². The zero-order valence-electron chi connectivity index (χ0n) is 24.2. The lowest BCUT2D eigenvalue weighted by molar-refractivity contribution is -0.146. The van der Waals surface area contributed by atoms with Crippen molar-refractivity contribution in [1.82, 2.24) is 0 Å². The fourth-order valence-electron chi connectivity index (χ4n) is 8.48. The molecule has 0 bridgehead atoms. The van der Waals surface area contributed by atoms with Crippen LogP contribution >= 0.6 is 0 Å². The zero-order valence-corrected chi connectivity index (χ0v) is 24.2. The van der Waals surface area contributed by atoms with Crippen molar-refractivity contribution >= 4 is 17.7 Å². The second-order valence-corrected chi connectivity index (χ2v) is 12.7. The van der Waals surface area contributed by atoms with Gasteiger partial charge in [0.05, 0.1) is 20.1 Å². The lowest BCUT2D eigenvalue weighted by atomic mass is 9.51. The molecular weight excluding hydrogens is 464 g/mol. The number of carbonyl (C=O) groups is 3. The molecule has 2 saturated carbocycles. The summed E-state index contributed by atoms with van der Waals surface area (Å²) in [4.78, 5) is 37.1. The number of esters is 2. The van der Waals surface area contributed by atoms with E-state index in [1.165, 1.54) is 30.9 Å². The van der Waals surface area contributed by atoms with Gasteiger partial charge in [-0.05, 0) is 74.0 Å². The van der Waals surface area contributed by atoms with Crippen LogP contribution in [0.25, 0.3) is 0 Å². The number of ketones is 1. The maximum atomic E-state index is 13.1. The normalized spacial score (nSPS) is 34.5. The van der Waals surface area contributed by atoms with Gasteiger partial charge in [0.2, 0.25) is 0 Å². The van der Waals surface area contributed by atoms with Crippen LogP contribution in [-0.2, 0) is 23.9 Å². The van der Waals surface area contributed by atoms with Gasteiger partial charge in [-0.15, -0.1) is 0 Å². The molecular formula is C32H48O5. The van der Waals surface area contributed by atoms with Crippen molar-refractivity contribution in [3.8, 4) is 0 Å². The molecule has 3 aliphatic carbocycles. The van der Waals surface area contributed by atoms with Crippen molar-refractivity contribution in [2.45, 2.75) is 92.4 Å². The Kier molecular flexibility index (Phi) is 8.66. The Hall–Kier alpha value is -2.17. The quantitative estimate of drug-likeness (QED) is 0.232. The average Bonchev–Trinajstić information content (AvgIpc) is 3.38. The Morgan fingerprint density at radius 1 is 1.11 bits per heavy atom. The van der Waals surface area contributed by atoms with Crippen LogP contribution in [-0.4, -0.2) is 31.9 Å². The van der Waals surface area contributed by atoms with E-state index in [4.69, 9.17) is 9.47 Å². The highest BCUT2D eigenvalue weighted by molar-refractivity contribution is 5.84. The van der Waals surface area contributed by atoms with Crippen LogP contribution in [0.2, 0.25) is 0 Å². The first kappa shape index (κ1) is 29.4. The molecule has 7 atom stereocenters. The predicted molar refractivity (Wildman–Crippen MR) is 147 cm³/mol. The summed E-state index contributed by atoms with van der Waals surface area (Å²) in [7, 11) is 2.83. The molecule has 0 saturated heterocycles. The van der Waals surface area contributed by atoms with E-state index < -0.39 is 5.92 Å². The Morgan fingerprint density at radius 2 is 1.78 bits per heavy atom. The largest absolute Gasteiger partial charge is 0.469 e. The first-order valence-corrected chi connectivity index (χ1v) is 14.0. The first-order valence-electron chi connectivity index (χ1n) is 14.0. The van der Waals surface area contributed by atoms with Gasteiger partial charge in [-0.2, -0.15) is 0 Å². The SMILES string of the molecule is C=C(C)[C@@H]1CC=C2[C@@H](CC[C@]23C(=C)CC[C@@]3(C)[C@H](C)CC(=O)C[C@@H](C)C(=O)OC)C1(C)CCC(=O)OC. The van der Waals surface area contributed by atoms with Crippen LogP contribution in [0, 0.1) is 39.9 Å². The second kappa shape index (κ2) is 10.9. The van der Waals surface area contributed by atoms with E-state index in [1.807, 2.05) is 0 Å². The van der Waals surface area contributed by atoms with Crippen molar-refractivity contribution in [3.05, 3.63) is 36.0 Å². The molecule has 2 fully saturated rings. The summed E-state index contributed by atoms with van der Waals surface area (Å²) in [6.45, 7) is 19.8. The minimum absolute atomic E-state index is 0.0770. The van der Waals surface area contributed by atoms with Gasteiger partial charge in [0, 0.05) is 24.7 Å². The van der Waals surface area contributed by atoms with Gasteiger partial charge in [0.15, 0.2) is 0 Å². The first-order chi connectivity index (χ1) is 17.3. The number of allylic oxidation sites excluding steroid dienone is 4. The Labute approximate surface area is 224 Å². The number of ether oxygens (including phenoxy) is 2. The van der Waals surface area contributed by atoms with E-state index >= 15 is 0 Å². The molecule has 3 aliphatic rings. The number of hydrogen-bond donors (Lipinski definition) is 0. The summed E-state index contributed by atoms with van der Waals surface area (Å²) in [5, 5.41) is 0. The molecule has 0 aromatic rings. The number of carbonyl (C=O) groups excluding carboxylic acids is 3. The van der Waals surface area contributed by atoms with Gasteiger partial charge in [0.1, 0.15) is 5.78 Å². The van der Waals surface area contributed by atoms with Gasteiger partial charge in [-0.1, -0.05) is 63.6 Å². The van der Waals surface area contributed by atoms with E-state index in [0.29, 0.717) is 24.7 Å². The molecule has 0 N–H and O–H groups in total. The van der Waals surface area contributed by atoms with E-state index in [2.05, 4.69) is 46.9 Å². The molecule has 206 valence electrons. The lowest BCUT2D eigenvalue weighted by Crippen LogP contribution is -2.45. The highest BCUT2D eigenvalue weighted by atomic mass is 16.5. The maximum Gasteiger partial charge on any atom is 0.308 e. The highest BCUT2D eigenvalue weighted by Crippen LogP contribution is 2.73. The summed E-state index contributed by atoms with van der Waals surface area (Å²) >= 11 is 0. The van der Waals surface area contributed by atoms with Crippen molar-refractivity contribution in [1.29, 1.82) is 0 Å². The summed E-state index contributed by atoms with van der Waals surface area (Å²) in [6, 6.07) is 0. The predicted octanol–water partition coefficient (Wildman–Crippen LogP) is 7.02. The smallest absolute Gasteiger partial charge is 0.308 e. The maximum absolute atomic E-state index is 13.1. The van der Waals surface area contributed by atoms with Crippen molar-refractivity contribution < 1.29 is 23.9 Å². The van der Waals surface area contributed by atoms with Gasteiger partial charge in [-0.25, -0.2) is 0 Å². The molecule has 0 radical (unpaired) electrons. The summed E-state index contributed by atoms with van der Waals surface area (Å²) in [5.41, 5.74) is 3.67. The molecule has 0 aromatic carbocycles. The molecule has 5 nitrogen and oxygen atoms in total. The van der Waals surface area contributed by atoms with Crippen molar-refractivity contribution in [3.63, 3.8) is 0 Å². The topological polar surface area (TPSA) is 69.7 Å². The number of rotatable bonds is 10. The van der Waals surface area contributed by atoms with Gasteiger partial charge in [-0.3, -0.25) is 14.4 Å². The van der Waals surface area contributed by atoms with Crippen molar-refractivity contribution in [2.75, 3.05) is 14.2 Å². The van der Waals surface area contributed by atoms with Crippen LogP contribution in [0.5, 0.6) is 0 Å². The monoisotopic (exact) mass is 512 g/mol. The summed E-state index contributed by atoms with van der Waals surface area (Å²) in [5.74, 6) is 0.0400. The van der Waals surface area contributed by atoms with Crippen LogP contribution in [0.1, 0.15) is 92.4 Å². The third-order valence-electron chi connectivity index (χ3n) is 10.8. The van der Waals surface area contributed by atoms with Gasteiger partial charge >= 0.3 is 11.9 Å². The fourth-order valence-corrected chi connectivity index (χ4v) is 8.48. The van der Waals surface area contributed by atoms with Crippen LogP contribution in [0.15, 0.2) is 36.0 Å². The molecule has 5 heteroatoms.